The Morgan fingerprint density at radius 2 is 2.12 bits per heavy atom. The van der Waals surface area contributed by atoms with Crippen molar-refractivity contribution in [3.8, 4) is 11.8 Å². The van der Waals surface area contributed by atoms with Crippen LogP contribution in [0, 0.1) is 23.2 Å². The van der Waals surface area contributed by atoms with E-state index < -0.39 is 12.0 Å². The maximum absolute atomic E-state index is 9.62. The molecule has 0 amide bonds. The monoisotopic (exact) mass is 225 g/mol. The summed E-state index contributed by atoms with van der Waals surface area (Å²) in [6.07, 6.45) is -0.689. The molecular formula is C11H17N2O3+. The predicted octanol–water partition coefficient (Wildman–Crippen LogP) is 2.01. The summed E-state index contributed by atoms with van der Waals surface area (Å²) >= 11 is 0. The van der Waals surface area contributed by atoms with Crippen LogP contribution in [0.15, 0.2) is 11.6 Å². The van der Waals surface area contributed by atoms with E-state index in [-0.39, 0.29) is 18.2 Å². The molecule has 88 valence electrons. The molecular weight excluding hydrogens is 208 g/mol. The SMILES string of the molecule is CC#CCO/C(O)=C(\[N+]#N)C(O)CC(C)C. The van der Waals surface area contributed by atoms with E-state index in [2.05, 4.69) is 16.8 Å². The van der Waals surface area contributed by atoms with Crippen LogP contribution in [-0.2, 0) is 4.74 Å². The van der Waals surface area contributed by atoms with Gasteiger partial charge in [-0.2, -0.15) is 0 Å². The summed E-state index contributed by atoms with van der Waals surface area (Å²) in [6.45, 7) is 5.42. The second kappa shape index (κ2) is 7.56. The molecule has 5 heteroatoms. The fraction of sp³-hybridized carbons (Fsp3) is 0.636. The first-order valence-electron chi connectivity index (χ1n) is 5.01. The molecule has 0 heterocycles. The molecule has 0 rings (SSSR count). The second-order valence-corrected chi connectivity index (χ2v) is 3.65. The lowest BCUT2D eigenvalue weighted by Gasteiger charge is -2.06. The fourth-order valence-electron chi connectivity index (χ4n) is 1.06. The molecule has 0 aliphatic heterocycles. The molecule has 0 bridgehead atoms. The van der Waals surface area contributed by atoms with Crippen molar-refractivity contribution >= 4 is 0 Å². The topological polar surface area (TPSA) is 77.8 Å². The van der Waals surface area contributed by atoms with Crippen LogP contribution in [-0.4, -0.2) is 22.9 Å². The van der Waals surface area contributed by atoms with Gasteiger partial charge in [-0.3, -0.25) is 0 Å². The number of nitrogens with zero attached hydrogens (tertiary/aromatic N) is 2. The average molecular weight is 225 g/mol. The number of ether oxygens (including phenoxy) is 1. The molecule has 1 atom stereocenters. The van der Waals surface area contributed by atoms with Gasteiger partial charge in [-0.1, -0.05) is 19.8 Å². The van der Waals surface area contributed by atoms with Crippen LogP contribution in [0.4, 0.5) is 0 Å². The number of diazo groups is 1. The highest BCUT2D eigenvalue weighted by Gasteiger charge is 2.31. The average Bonchev–Trinajstić information content (AvgIpc) is 2.18. The van der Waals surface area contributed by atoms with E-state index >= 15 is 0 Å². The van der Waals surface area contributed by atoms with Crippen molar-refractivity contribution in [3.05, 3.63) is 16.6 Å². The highest BCUT2D eigenvalue weighted by molar-refractivity contribution is 5.15. The Morgan fingerprint density at radius 3 is 2.56 bits per heavy atom. The van der Waals surface area contributed by atoms with Gasteiger partial charge in [0.05, 0.1) is 0 Å². The van der Waals surface area contributed by atoms with Crippen molar-refractivity contribution in [3.63, 3.8) is 0 Å². The first-order chi connectivity index (χ1) is 7.52. The predicted molar refractivity (Wildman–Crippen MR) is 59.6 cm³/mol. The van der Waals surface area contributed by atoms with Gasteiger partial charge in [0.1, 0.15) is 0 Å². The third-order valence-corrected chi connectivity index (χ3v) is 1.79. The highest BCUT2D eigenvalue weighted by atomic mass is 16.6. The quantitative estimate of drug-likeness (QED) is 0.426. The lowest BCUT2D eigenvalue weighted by atomic mass is 10.0. The van der Waals surface area contributed by atoms with E-state index in [0.29, 0.717) is 6.42 Å². The molecule has 5 nitrogen and oxygen atoms in total. The summed E-state index contributed by atoms with van der Waals surface area (Å²) in [5.41, 5.74) is -0.272. The zero-order valence-corrected chi connectivity index (χ0v) is 9.77. The third kappa shape index (κ3) is 5.23. The van der Waals surface area contributed by atoms with E-state index in [1.807, 2.05) is 13.8 Å². The summed E-state index contributed by atoms with van der Waals surface area (Å²) in [6, 6.07) is 0. The van der Waals surface area contributed by atoms with Gasteiger partial charge in [-0.25, -0.2) is 0 Å². The minimum atomic E-state index is -1.06. The molecule has 0 radical (unpaired) electrons. The molecule has 0 aromatic rings. The molecule has 2 N–H and O–H groups in total. The second-order valence-electron chi connectivity index (χ2n) is 3.65. The Balaban J connectivity index is 4.59. The normalized spacial score (nSPS) is 13.2. The molecule has 0 aliphatic carbocycles. The molecule has 16 heavy (non-hydrogen) atoms. The van der Waals surface area contributed by atoms with Crippen molar-refractivity contribution in [2.24, 2.45) is 5.92 Å². The number of rotatable bonds is 5. The minimum Gasteiger partial charge on any atom is -0.475 e. The van der Waals surface area contributed by atoms with Crippen molar-refractivity contribution in [1.29, 1.82) is 5.39 Å². The van der Waals surface area contributed by atoms with Crippen LogP contribution >= 0.6 is 0 Å². The first-order valence-corrected chi connectivity index (χ1v) is 5.01. The van der Waals surface area contributed by atoms with Crippen LogP contribution in [0.25, 0.3) is 4.98 Å². The van der Waals surface area contributed by atoms with Crippen molar-refractivity contribution in [2.45, 2.75) is 33.3 Å². The molecule has 1 unspecified atom stereocenters. The van der Waals surface area contributed by atoms with Gasteiger partial charge in [0, 0.05) is 0 Å². The molecule has 0 fully saturated rings. The van der Waals surface area contributed by atoms with Crippen LogP contribution in [0.5, 0.6) is 0 Å². The van der Waals surface area contributed by atoms with Gasteiger partial charge in [0.15, 0.2) is 17.7 Å². The maximum Gasteiger partial charge on any atom is 0.468 e. The van der Waals surface area contributed by atoms with Crippen molar-refractivity contribution < 1.29 is 14.9 Å². The maximum atomic E-state index is 9.62. The molecule has 0 aromatic carbocycles. The van der Waals surface area contributed by atoms with Gasteiger partial charge < -0.3 is 14.9 Å². The number of hydrogen-bond acceptors (Lipinski definition) is 4. The van der Waals surface area contributed by atoms with E-state index in [4.69, 9.17) is 10.1 Å². The summed E-state index contributed by atoms with van der Waals surface area (Å²) in [5, 5.41) is 27.7. The molecule has 0 spiro atoms. The van der Waals surface area contributed by atoms with Crippen LogP contribution in [0.1, 0.15) is 27.2 Å². The fourth-order valence-corrected chi connectivity index (χ4v) is 1.06. The van der Waals surface area contributed by atoms with E-state index in [9.17, 15) is 10.2 Å². The lowest BCUT2D eigenvalue weighted by Crippen LogP contribution is -2.14. The van der Waals surface area contributed by atoms with Crippen molar-refractivity contribution in [1.82, 2.24) is 0 Å². The number of aliphatic hydroxyl groups is 2. The zero-order chi connectivity index (χ0) is 12.6. The van der Waals surface area contributed by atoms with Gasteiger partial charge >= 0.3 is 11.6 Å². The van der Waals surface area contributed by atoms with Crippen LogP contribution in [0.2, 0.25) is 0 Å². The van der Waals surface area contributed by atoms with E-state index in [0.717, 1.165) is 0 Å². The van der Waals surface area contributed by atoms with Gasteiger partial charge in [-0.05, 0) is 19.3 Å². The Kier molecular flexibility index (Phi) is 6.74. The first kappa shape index (κ1) is 14.3. The largest absolute Gasteiger partial charge is 0.475 e. The number of hydrogen-bond donors (Lipinski definition) is 2. The summed E-state index contributed by atoms with van der Waals surface area (Å²) in [4.78, 5) is 2.83. The molecule has 0 saturated carbocycles. The Hall–Kier alpha value is -1.72. The molecule has 0 aliphatic rings. The smallest absolute Gasteiger partial charge is 0.468 e. The zero-order valence-electron chi connectivity index (χ0n) is 9.77. The number of aliphatic hydroxyl groups excluding tert-OH is 2. The Bertz CT molecular complexity index is 344. The lowest BCUT2D eigenvalue weighted by molar-refractivity contribution is 0.0951. The van der Waals surface area contributed by atoms with E-state index in [1.54, 1.807) is 6.92 Å². The Labute approximate surface area is 95.4 Å². The van der Waals surface area contributed by atoms with Gasteiger partial charge in [0.2, 0.25) is 5.39 Å². The standard InChI is InChI=1S/C11H16N2O3/c1-4-5-6-16-11(15)10(13-12)9(14)7-8(2)3/h8-9,14H,6-7H2,1-3H3/p+1/b11-10-. The highest BCUT2D eigenvalue weighted by Crippen LogP contribution is 2.17. The van der Waals surface area contributed by atoms with Gasteiger partial charge in [-0.15, -0.1) is 5.92 Å². The molecule has 0 saturated heterocycles. The summed E-state index contributed by atoms with van der Waals surface area (Å²) < 4.78 is 4.79. The van der Waals surface area contributed by atoms with E-state index in [1.165, 1.54) is 0 Å². The van der Waals surface area contributed by atoms with Crippen LogP contribution in [0.3, 0.4) is 0 Å². The van der Waals surface area contributed by atoms with Crippen LogP contribution < -0.4 is 0 Å². The van der Waals surface area contributed by atoms with Crippen molar-refractivity contribution in [2.75, 3.05) is 6.61 Å². The van der Waals surface area contributed by atoms with Gasteiger partial charge in [0.25, 0.3) is 0 Å². The summed E-state index contributed by atoms with van der Waals surface area (Å²) in [5.74, 6) is 4.75. The summed E-state index contributed by atoms with van der Waals surface area (Å²) in [7, 11) is 0. The third-order valence-electron chi connectivity index (χ3n) is 1.79. The molecule has 0 aromatic heterocycles. The minimum absolute atomic E-state index is 0.0181. The Morgan fingerprint density at radius 1 is 1.50 bits per heavy atom.